The quantitative estimate of drug-likeness (QED) is 0.0395. The first-order valence-corrected chi connectivity index (χ1v) is 26.0. The molecule has 2 heterocycles. The molecule has 2 aliphatic heterocycles. The Bertz CT molecular complexity index is 1990. The van der Waals surface area contributed by atoms with Gasteiger partial charge in [0, 0.05) is 36.4 Å². The summed E-state index contributed by atoms with van der Waals surface area (Å²) >= 11 is 0.792. The Balaban J connectivity index is 2.15. The van der Waals surface area contributed by atoms with Crippen molar-refractivity contribution in [1.82, 2.24) is 53.2 Å². The Morgan fingerprint density at radius 3 is 1.87 bits per heavy atom. The van der Waals surface area contributed by atoms with Gasteiger partial charge >= 0.3 is 5.97 Å². The molecule has 69 heavy (non-hydrogen) atoms. The highest BCUT2D eigenvalue weighted by molar-refractivity contribution is 8.76. The number of guanidine groups is 1. The van der Waals surface area contributed by atoms with Crippen LogP contribution in [-0.2, 0) is 54.4 Å². The number of hydrogen-bond acceptors (Lipinski definition) is 15. The number of rotatable bonds is 15. The van der Waals surface area contributed by atoms with E-state index < -0.39 is 119 Å². The topological polar surface area (TPSA) is 361 Å². The summed E-state index contributed by atoms with van der Waals surface area (Å²) in [4.78, 5) is 136. The van der Waals surface area contributed by atoms with Crippen LogP contribution >= 0.6 is 33.3 Å². The van der Waals surface area contributed by atoms with Gasteiger partial charge in [0.1, 0.15) is 41.6 Å². The lowest BCUT2D eigenvalue weighted by atomic mass is 10.0. The van der Waals surface area contributed by atoms with Gasteiger partial charge in [-0.2, -0.15) is 0 Å². The van der Waals surface area contributed by atoms with Gasteiger partial charge in [0.15, 0.2) is 11.7 Å². The SMILES string of the molecule is CCC(=O)C1NC(=O)[C@H](Cc2ccccc2)NC(=O)[C@@H]2CSSC[C@H](NC(=O)[C@H](CCCCNC(C)(C)C)NC(=O)CS1)C(=O)N[C@@H](CCCNC(=N)N)C(=O)NCC(=O)N[C@@H](CC(=O)O)C(=O)N2. The van der Waals surface area contributed by atoms with Crippen molar-refractivity contribution in [2.24, 2.45) is 5.73 Å². The number of nitrogens with two attached hydrogens (primary N) is 1. The summed E-state index contributed by atoms with van der Waals surface area (Å²) in [5.74, 6) is -10.0. The van der Waals surface area contributed by atoms with E-state index in [9.17, 15) is 53.1 Å². The van der Waals surface area contributed by atoms with Gasteiger partial charge < -0.3 is 64.0 Å². The van der Waals surface area contributed by atoms with Gasteiger partial charge in [-0.05, 0) is 65.0 Å². The number of carbonyl (C=O) groups is 10. The van der Waals surface area contributed by atoms with E-state index in [-0.39, 0.29) is 61.7 Å². The molecule has 2 saturated heterocycles. The van der Waals surface area contributed by atoms with Crippen molar-refractivity contribution < 1.29 is 53.1 Å². The van der Waals surface area contributed by atoms with E-state index in [1.807, 2.05) is 20.8 Å². The third kappa shape index (κ3) is 22.1. The minimum Gasteiger partial charge on any atom is -0.481 e. The predicted molar refractivity (Wildman–Crippen MR) is 262 cm³/mol. The zero-order valence-corrected chi connectivity index (χ0v) is 41.6. The Kier molecular flexibility index (Phi) is 24.6. The molecule has 8 amide bonds. The van der Waals surface area contributed by atoms with Crippen molar-refractivity contribution in [1.29, 1.82) is 5.41 Å². The monoisotopic (exact) mass is 1020 g/mol. The van der Waals surface area contributed by atoms with Crippen molar-refractivity contribution in [3.63, 3.8) is 0 Å². The molecule has 23 nitrogen and oxygen atoms in total. The van der Waals surface area contributed by atoms with E-state index >= 15 is 0 Å². The van der Waals surface area contributed by atoms with Crippen molar-refractivity contribution in [2.45, 2.75) is 126 Å². The first-order valence-electron chi connectivity index (χ1n) is 22.5. The van der Waals surface area contributed by atoms with E-state index in [0.29, 0.717) is 24.9 Å². The highest BCUT2D eigenvalue weighted by Crippen LogP contribution is 2.24. The van der Waals surface area contributed by atoms with E-state index in [1.165, 1.54) is 0 Å². The van der Waals surface area contributed by atoms with Crippen LogP contribution < -0.4 is 58.9 Å². The Morgan fingerprint density at radius 1 is 0.710 bits per heavy atom. The van der Waals surface area contributed by atoms with Crippen LogP contribution in [0.4, 0.5) is 0 Å². The molecule has 2 aliphatic rings. The van der Waals surface area contributed by atoms with Crippen molar-refractivity contribution >= 4 is 98.3 Å². The first-order chi connectivity index (χ1) is 32.6. The Morgan fingerprint density at radius 2 is 1.28 bits per heavy atom. The zero-order valence-electron chi connectivity index (χ0n) is 39.2. The number of aliphatic carboxylic acids is 1. The summed E-state index contributed by atoms with van der Waals surface area (Å²) in [6.07, 6.45) is 0.276. The number of unbranched alkanes of at least 4 members (excludes halogenated alkanes) is 1. The third-order valence-corrected chi connectivity index (χ3v) is 13.9. The number of ketones is 1. The average molecular weight is 1020 g/mol. The normalized spacial score (nSPS) is 24.3. The lowest BCUT2D eigenvalue weighted by molar-refractivity contribution is -0.141. The van der Waals surface area contributed by atoms with Gasteiger partial charge in [0.05, 0.1) is 18.7 Å². The summed E-state index contributed by atoms with van der Waals surface area (Å²) in [5.41, 5.74) is 5.83. The maximum absolute atomic E-state index is 14.3. The van der Waals surface area contributed by atoms with Gasteiger partial charge in [-0.1, -0.05) is 58.8 Å². The van der Waals surface area contributed by atoms with Crippen LogP contribution in [0.1, 0.15) is 78.2 Å². The minimum atomic E-state index is -1.75. The summed E-state index contributed by atoms with van der Waals surface area (Å²) in [7, 11) is 1.97. The number of amides is 8. The third-order valence-electron chi connectivity index (χ3n) is 10.3. The van der Waals surface area contributed by atoms with Gasteiger partial charge in [-0.15, -0.1) is 11.8 Å². The Hall–Kier alpha value is -5.60. The molecule has 14 N–H and O–H groups in total. The molecule has 7 atom stereocenters. The second-order valence-corrected chi connectivity index (χ2v) is 20.9. The molecule has 3 rings (SSSR count). The molecule has 0 radical (unpaired) electrons. The number of thioether (sulfide) groups is 1. The smallest absolute Gasteiger partial charge is 0.305 e. The second kappa shape index (κ2) is 29.4. The van der Waals surface area contributed by atoms with Gasteiger partial charge in [0.25, 0.3) is 0 Å². The molecule has 1 aromatic rings. The van der Waals surface area contributed by atoms with Crippen LogP contribution in [0.2, 0.25) is 0 Å². The van der Waals surface area contributed by atoms with Crippen LogP contribution in [0.5, 0.6) is 0 Å². The molecular weight excluding hydrogens is 957 g/mol. The fraction of sp³-hybridized carbons (Fsp3) is 0.605. The van der Waals surface area contributed by atoms with Crippen LogP contribution in [0.25, 0.3) is 0 Å². The number of carboxylic acid groups (broad SMARTS) is 1. The number of carboxylic acids is 1. The molecule has 0 saturated carbocycles. The predicted octanol–water partition coefficient (Wildman–Crippen LogP) is -1.89. The van der Waals surface area contributed by atoms with E-state index in [1.54, 1.807) is 37.3 Å². The number of carbonyl (C=O) groups excluding carboxylic acids is 9. The molecular formula is C43H66N12O11S3. The lowest BCUT2D eigenvalue weighted by Gasteiger charge is -2.26. The van der Waals surface area contributed by atoms with E-state index in [4.69, 9.17) is 11.1 Å². The largest absolute Gasteiger partial charge is 0.481 e. The van der Waals surface area contributed by atoms with E-state index in [0.717, 1.165) is 33.3 Å². The Labute approximate surface area is 413 Å². The molecule has 382 valence electrons. The van der Waals surface area contributed by atoms with E-state index in [2.05, 4.69) is 53.2 Å². The molecule has 2 bridgehead atoms. The van der Waals surface area contributed by atoms with Crippen LogP contribution in [0, 0.1) is 5.41 Å². The molecule has 2 fully saturated rings. The number of fused-ring (bicyclic) bond motifs is 5. The summed E-state index contributed by atoms with van der Waals surface area (Å²) in [6, 6.07) is 0.0716. The summed E-state index contributed by atoms with van der Waals surface area (Å²) in [6.45, 7) is 7.52. The zero-order chi connectivity index (χ0) is 51.1. The highest BCUT2D eigenvalue weighted by atomic mass is 33.1. The van der Waals surface area contributed by atoms with Gasteiger partial charge in [0.2, 0.25) is 47.3 Å². The number of hydrogen-bond donors (Lipinski definition) is 13. The minimum absolute atomic E-state index is 0.0405. The van der Waals surface area contributed by atoms with Gasteiger partial charge in [-0.25, -0.2) is 0 Å². The second-order valence-electron chi connectivity index (χ2n) is 17.2. The summed E-state index contributed by atoms with van der Waals surface area (Å²) in [5, 5.41) is 42.3. The number of Topliss-reactive ketones (excluding diaryl/α,β-unsaturated/α-hetero) is 1. The standard InChI is InChI=1S/C43H66N12O11S3/c1-5-31(56)41-55-38(64)27(18-24-12-7-6-8-13-24)52-40(66)30-22-69-68-21-29(53-36(62)26(49-33(58)23-67-41)14-9-10-17-48-43(2,3)4)39(65)51-25(15-11-16-46-42(44)45)35(61)47-20-32(57)50-28(19-34(59)60)37(63)54-30/h6-8,12-13,25-30,41,48H,5,9-11,14-23H2,1-4H3,(H,47,61)(H,49,58)(H,50,57)(H,51,65)(H,52,66)(H,53,62)(H,54,63)(H,55,64)(H,59,60)(H4,44,45,46)/t25-,26-,27-,28-,29-,30-,41?/m0/s1. The van der Waals surface area contributed by atoms with Crippen LogP contribution in [-0.4, -0.2) is 154 Å². The summed E-state index contributed by atoms with van der Waals surface area (Å²) < 4.78 is 0. The molecule has 26 heteroatoms. The van der Waals surface area contributed by atoms with Gasteiger partial charge in [-0.3, -0.25) is 53.4 Å². The number of nitrogens with one attached hydrogen (secondary N) is 11. The molecule has 0 spiro atoms. The highest BCUT2D eigenvalue weighted by Gasteiger charge is 2.35. The first kappa shape index (κ1) is 57.7. The molecule has 0 aliphatic carbocycles. The van der Waals surface area contributed by atoms with Crippen LogP contribution in [0.15, 0.2) is 30.3 Å². The molecule has 1 aromatic carbocycles. The average Bonchev–Trinajstić information content (AvgIpc) is 3.28. The maximum Gasteiger partial charge on any atom is 0.305 e. The van der Waals surface area contributed by atoms with Crippen LogP contribution in [0.3, 0.4) is 0 Å². The lowest BCUT2D eigenvalue weighted by Crippen LogP contribution is -2.59. The fourth-order valence-electron chi connectivity index (χ4n) is 6.70. The molecule has 1 unspecified atom stereocenters. The number of benzene rings is 1. The van der Waals surface area contributed by atoms with Crippen molar-refractivity contribution in [3.05, 3.63) is 35.9 Å². The maximum atomic E-state index is 14.3. The fourth-order valence-corrected chi connectivity index (χ4v) is 9.98. The van der Waals surface area contributed by atoms with Crippen molar-refractivity contribution in [2.75, 3.05) is 36.9 Å². The van der Waals surface area contributed by atoms with Crippen molar-refractivity contribution in [3.8, 4) is 0 Å². The molecule has 0 aromatic heterocycles.